The smallest absolute Gasteiger partial charge is 0.341 e. The zero-order valence-corrected chi connectivity index (χ0v) is 18.8. The maximum Gasteiger partial charge on any atom is 0.341 e. The molecule has 0 aliphatic carbocycles. The van der Waals surface area contributed by atoms with Gasteiger partial charge in [-0.2, -0.15) is 5.10 Å². The second kappa shape index (κ2) is 7.47. The lowest BCUT2D eigenvalue weighted by Crippen LogP contribution is -2.35. The summed E-state index contributed by atoms with van der Waals surface area (Å²) in [6, 6.07) is 6.92. The van der Waals surface area contributed by atoms with Gasteiger partial charge in [-0.05, 0) is 17.9 Å². The fraction of sp³-hybridized carbons (Fsp3) is 0.417. The van der Waals surface area contributed by atoms with Crippen LogP contribution in [-0.2, 0) is 11.3 Å². The summed E-state index contributed by atoms with van der Waals surface area (Å²) < 4.78 is 9.84. The molecule has 1 aromatic carbocycles. The van der Waals surface area contributed by atoms with Crippen molar-refractivity contribution >= 4 is 22.8 Å². The topological polar surface area (TPSA) is 115 Å². The summed E-state index contributed by atoms with van der Waals surface area (Å²) in [7, 11) is 0. The van der Waals surface area contributed by atoms with E-state index in [9.17, 15) is 19.5 Å². The van der Waals surface area contributed by atoms with Gasteiger partial charge in [-0.3, -0.25) is 14.3 Å². The second-order valence-corrected chi connectivity index (χ2v) is 9.83. The number of nitrogens with zero attached hydrogens (tertiary/aromatic N) is 3. The molecule has 2 aliphatic rings. The number of benzene rings is 1. The Morgan fingerprint density at radius 3 is 2.76 bits per heavy atom. The van der Waals surface area contributed by atoms with Gasteiger partial charge in [-0.25, -0.2) is 4.79 Å². The molecule has 0 saturated carbocycles. The highest BCUT2D eigenvalue weighted by molar-refractivity contribution is 5.96. The Labute approximate surface area is 190 Å². The Hall–Kier alpha value is -3.62. The Morgan fingerprint density at radius 1 is 1.30 bits per heavy atom. The first-order valence-corrected chi connectivity index (χ1v) is 11.0. The lowest BCUT2D eigenvalue weighted by Gasteiger charge is -2.38. The van der Waals surface area contributed by atoms with Crippen LogP contribution in [-0.4, -0.2) is 44.0 Å². The highest BCUT2D eigenvalue weighted by Gasteiger charge is 2.35. The van der Waals surface area contributed by atoms with E-state index < -0.39 is 11.4 Å². The Morgan fingerprint density at radius 2 is 2.09 bits per heavy atom. The van der Waals surface area contributed by atoms with Crippen LogP contribution in [0.4, 0.5) is 0 Å². The van der Waals surface area contributed by atoms with Crippen LogP contribution in [0.2, 0.25) is 0 Å². The molecule has 3 aromatic rings. The number of pyridine rings is 1. The van der Waals surface area contributed by atoms with Gasteiger partial charge in [-0.1, -0.05) is 32.9 Å². The van der Waals surface area contributed by atoms with Gasteiger partial charge in [-0.15, -0.1) is 0 Å². The van der Waals surface area contributed by atoms with Gasteiger partial charge in [0, 0.05) is 24.1 Å². The van der Waals surface area contributed by atoms with Crippen molar-refractivity contribution in [2.75, 3.05) is 6.61 Å². The number of rotatable bonds is 4. The molecule has 1 unspecified atom stereocenters. The fourth-order valence-corrected chi connectivity index (χ4v) is 4.74. The van der Waals surface area contributed by atoms with Gasteiger partial charge < -0.3 is 19.7 Å². The van der Waals surface area contributed by atoms with E-state index in [2.05, 4.69) is 26.1 Å². The zero-order chi connectivity index (χ0) is 23.5. The first-order chi connectivity index (χ1) is 15.6. The van der Waals surface area contributed by atoms with Gasteiger partial charge in [0.15, 0.2) is 5.43 Å². The number of nitrogens with one attached hydrogen (secondary N) is 1. The number of fused-ring (bicyclic) bond motifs is 5. The number of carbonyl (C=O) groups is 2. The van der Waals surface area contributed by atoms with E-state index in [0.717, 1.165) is 17.5 Å². The van der Waals surface area contributed by atoms with Crippen molar-refractivity contribution in [1.82, 2.24) is 19.7 Å². The minimum absolute atomic E-state index is 0.0241. The monoisotopic (exact) mass is 450 g/mol. The third-order valence-electron chi connectivity index (χ3n) is 6.49. The maximum atomic E-state index is 12.6. The number of amides is 1. The highest BCUT2D eigenvalue weighted by Crippen LogP contribution is 2.43. The number of aromatic carboxylic acids is 1. The number of ether oxygens (including phenoxy) is 1. The van der Waals surface area contributed by atoms with E-state index >= 15 is 0 Å². The molecule has 9 nitrogen and oxygen atoms in total. The van der Waals surface area contributed by atoms with E-state index in [1.54, 1.807) is 0 Å². The van der Waals surface area contributed by atoms with Crippen molar-refractivity contribution in [3.05, 3.63) is 46.2 Å². The van der Waals surface area contributed by atoms with Gasteiger partial charge in [0.2, 0.25) is 5.91 Å². The number of carbonyl (C=O) groups excluding carboxylic acids is 1. The number of hydrogen-bond donors (Lipinski definition) is 2. The van der Waals surface area contributed by atoms with Gasteiger partial charge in [0.1, 0.15) is 23.4 Å². The molecule has 1 saturated heterocycles. The first-order valence-electron chi connectivity index (χ1n) is 11.0. The Bertz CT molecular complexity index is 1350. The van der Waals surface area contributed by atoms with E-state index in [-0.39, 0.29) is 29.0 Å². The van der Waals surface area contributed by atoms with E-state index in [4.69, 9.17) is 9.84 Å². The number of hydrogen-bond acceptors (Lipinski definition) is 5. The van der Waals surface area contributed by atoms with Gasteiger partial charge in [0.25, 0.3) is 0 Å². The van der Waals surface area contributed by atoms with Crippen molar-refractivity contribution in [3.63, 3.8) is 0 Å². The molecule has 0 bridgehead atoms. The SMILES string of the molecule is CC(C)(C)C1Cn2nc3c(OC[C@H]4CCC(=O)N4)cccc3c2-c2cc(=O)c(C(=O)O)cn21. The van der Waals surface area contributed by atoms with Gasteiger partial charge >= 0.3 is 5.97 Å². The average Bonchev–Trinajstić information content (AvgIpc) is 3.33. The molecule has 2 atom stereocenters. The number of aromatic nitrogens is 3. The normalized spacial score (nSPS) is 19.8. The van der Waals surface area contributed by atoms with Crippen molar-refractivity contribution in [1.29, 1.82) is 0 Å². The summed E-state index contributed by atoms with van der Waals surface area (Å²) in [5.41, 5.74) is 1.09. The summed E-state index contributed by atoms with van der Waals surface area (Å²) in [5, 5.41) is 18.1. The summed E-state index contributed by atoms with van der Waals surface area (Å²) in [6.07, 6.45) is 2.71. The summed E-state index contributed by atoms with van der Waals surface area (Å²) in [4.78, 5) is 35.7. The molecule has 1 amide bonds. The van der Waals surface area contributed by atoms with Crippen LogP contribution in [0.1, 0.15) is 50.0 Å². The molecule has 172 valence electrons. The van der Waals surface area contributed by atoms with Gasteiger partial charge in [0.05, 0.1) is 30.0 Å². The summed E-state index contributed by atoms with van der Waals surface area (Å²) >= 11 is 0. The van der Waals surface area contributed by atoms with E-state index in [1.807, 2.05) is 27.4 Å². The van der Waals surface area contributed by atoms with Crippen molar-refractivity contribution in [2.24, 2.45) is 5.41 Å². The van der Waals surface area contributed by atoms with Crippen molar-refractivity contribution < 1.29 is 19.4 Å². The Kier molecular flexibility index (Phi) is 4.81. The second-order valence-electron chi connectivity index (χ2n) is 9.83. The molecule has 2 aromatic heterocycles. The number of carboxylic acids is 1. The summed E-state index contributed by atoms with van der Waals surface area (Å²) in [6.45, 7) is 7.13. The molecule has 9 heteroatoms. The Balaban J connectivity index is 1.63. The lowest BCUT2D eigenvalue weighted by atomic mass is 9.85. The van der Waals surface area contributed by atoms with E-state index in [0.29, 0.717) is 36.5 Å². The van der Waals surface area contributed by atoms with Crippen LogP contribution in [0.15, 0.2) is 35.3 Å². The molecule has 0 radical (unpaired) electrons. The standard InChI is InChI=1S/C24H26N4O5/c1-24(2,3)19-11-28-22(16-9-17(29)15(23(31)32)10-27(16)19)14-5-4-6-18(21(14)26-28)33-12-13-7-8-20(30)25-13/h4-6,9-10,13,19H,7-8,11-12H2,1-3H3,(H,25,30)(H,31,32)/t13-,19?/m1/s1. The third-order valence-corrected chi connectivity index (χ3v) is 6.49. The fourth-order valence-electron chi connectivity index (χ4n) is 4.74. The quantitative estimate of drug-likeness (QED) is 0.632. The van der Waals surface area contributed by atoms with Crippen molar-refractivity contribution in [2.45, 2.75) is 52.2 Å². The molecule has 0 spiro atoms. The maximum absolute atomic E-state index is 12.6. The molecule has 5 rings (SSSR count). The minimum Gasteiger partial charge on any atom is -0.489 e. The van der Waals surface area contributed by atoms with Crippen LogP contribution in [0.3, 0.4) is 0 Å². The molecule has 2 N–H and O–H groups in total. The molecular weight excluding hydrogens is 424 g/mol. The molecule has 33 heavy (non-hydrogen) atoms. The molecule has 2 aliphatic heterocycles. The molecule has 1 fully saturated rings. The van der Waals surface area contributed by atoms with Crippen molar-refractivity contribution in [3.8, 4) is 17.1 Å². The largest absolute Gasteiger partial charge is 0.489 e. The predicted molar refractivity (Wildman–Crippen MR) is 122 cm³/mol. The first kappa shape index (κ1) is 21.2. The highest BCUT2D eigenvalue weighted by atomic mass is 16.5. The predicted octanol–water partition coefficient (Wildman–Crippen LogP) is 2.82. The van der Waals surface area contributed by atoms with Crippen LogP contribution < -0.4 is 15.5 Å². The van der Waals surface area contributed by atoms with Crippen LogP contribution in [0, 0.1) is 5.41 Å². The lowest BCUT2D eigenvalue weighted by molar-refractivity contribution is -0.119. The minimum atomic E-state index is -1.23. The average molecular weight is 450 g/mol. The third kappa shape index (κ3) is 3.57. The zero-order valence-electron chi connectivity index (χ0n) is 18.8. The van der Waals surface area contributed by atoms with Crippen LogP contribution in [0.25, 0.3) is 22.3 Å². The van der Waals surface area contributed by atoms with E-state index in [1.165, 1.54) is 12.3 Å². The molecular formula is C24H26N4O5. The molecule has 4 heterocycles. The number of carboxylic acid groups (broad SMARTS) is 1. The summed E-state index contributed by atoms with van der Waals surface area (Å²) in [5.74, 6) is -0.587. The van der Waals surface area contributed by atoms with Crippen LogP contribution in [0.5, 0.6) is 5.75 Å². The van der Waals surface area contributed by atoms with Crippen LogP contribution >= 0.6 is 0 Å².